The maximum atomic E-state index is 14.0. The van der Waals surface area contributed by atoms with Gasteiger partial charge in [-0.15, -0.1) is 0 Å². The van der Waals surface area contributed by atoms with Crippen molar-refractivity contribution in [3.05, 3.63) is 29.6 Å². The van der Waals surface area contributed by atoms with Crippen molar-refractivity contribution in [2.75, 3.05) is 32.1 Å². The predicted molar refractivity (Wildman–Crippen MR) is 71.3 cm³/mol. The lowest BCUT2D eigenvalue weighted by Crippen LogP contribution is -2.42. The topological polar surface area (TPSA) is 24.5 Å². The van der Waals surface area contributed by atoms with Crippen molar-refractivity contribution in [1.82, 2.24) is 4.90 Å². The zero-order chi connectivity index (χ0) is 13.1. The van der Waals surface area contributed by atoms with Crippen LogP contribution in [0.5, 0.6) is 0 Å². The molecule has 0 aromatic heterocycles. The largest absolute Gasteiger partial charge is 0.388 e. The molecule has 0 saturated carbocycles. The van der Waals surface area contributed by atoms with Gasteiger partial charge in [-0.25, -0.2) is 4.39 Å². The normalized spacial score (nSPS) is 22.8. The van der Waals surface area contributed by atoms with E-state index in [-0.39, 0.29) is 18.0 Å². The third-order valence-electron chi connectivity index (χ3n) is 3.56. The maximum absolute atomic E-state index is 14.0. The SMILES string of the molecule is CNc1ccc(C(C)N2CCOC(C)C2)c(F)c1. The molecule has 1 saturated heterocycles. The van der Waals surface area contributed by atoms with Gasteiger partial charge in [-0.05, 0) is 26.0 Å². The summed E-state index contributed by atoms with van der Waals surface area (Å²) in [5, 5.41) is 2.95. The van der Waals surface area contributed by atoms with Gasteiger partial charge in [0.2, 0.25) is 0 Å². The summed E-state index contributed by atoms with van der Waals surface area (Å²) in [7, 11) is 1.79. The van der Waals surface area contributed by atoms with E-state index in [2.05, 4.69) is 24.1 Å². The van der Waals surface area contributed by atoms with E-state index >= 15 is 0 Å². The molecule has 1 N–H and O–H groups in total. The molecule has 2 rings (SSSR count). The highest BCUT2D eigenvalue weighted by atomic mass is 19.1. The van der Waals surface area contributed by atoms with Crippen molar-refractivity contribution in [1.29, 1.82) is 0 Å². The smallest absolute Gasteiger partial charge is 0.130 e. The van der Waals surface area contributed by atoms with E-state index in [0.717, 1.165) is 30.9 Å². The van der Waals surface area contributed by atoms with Gasteiger partial charge in [0.25, 0.3) is 0 Å². The van der Waals surface area contributed by atoms with Crippen LogP contribution in [-0.4, -0.2) is 37.7 Å². The standard InChI is InChI=1S/C14H21FN2O/c1-10-9-17(6-7-18-10)11(2)13-5-4-12(16-3)8-14(13)15/h4-5,8,10-11,16H,6-7,9H2,1-3H3. The number of anilines is 1. The molecule has 2 unspecified atom stereocenters. The molecule has 1 fully saturated rings. The molecule has 1 aliphatic rings. The first-order valence-electron chi connectivity index (χ1n) is 6.44. The van der Waals surface area contributed by atoms with E-state index in [4.69, 9.17) is 4.74 Å². The van der Waals surface area contributed by atoms with Gasteiger partial charge in [0.1, 0.15) is 5.82 Å². The fourth-order valence-electron chi connectivity index (χ4n) is 2.42. The minimum Gasteiger partial charge on any atom is -0.388 e. The van der Waals surface area contributed by atoms with Gasteiger partial charge in [0.15, 0.2) is 0 Å². The Morgan fingerprint density at radius 2 is 2.28 bits per heavy atom. The van der Waals surface area contributed by atoms with E-state index in [9.17, 15) is 4.39 Å². The Kier molecular flexibility index (Phi) is 4.19. The molecule has 1 aliphatic heterocycles. The quantitative estimate of drug-likeness (QED) is 0.895. The van der Waals surface area contributed by atoms with Gasteiger partial charge in [-0.3, -0.25) is 4.90 Å². The second kappa shape index (κ2) is 5.67. The molecule has 100 valence electrons. The summed E-state index contributed by atoms with van der Waals surface area (Å²) in [6.45, 7) is 6.55. The third-order valence-corrected chi connectivity index (χ3v) is 3.56. The minimum atomic E-state index is -0.145. The molecule has 1 heterocycles. The third kappa shape index (κ3) is 2.82. The van der Waals surface area contributed by atoms with Crippen molar-refractivity contribution in [3.63, 3.8) is 0 Å². The van der Waals surface area contributed by atoms with Crippen LogP contribution in [0.4, 0.5) is 10.1 Å². The maximum Gasteiger partial charge on any atom is 0.130 e. The highest BCUT2D eigenvalue weighted by molar-refractivity contribution is 5.45. The number of nitrogens with zero attached hydrogens (tertiary/aromatic N) is 1. The Morgan fingerprint density at radius 1 is 1.50 bits per heavy atom. The summed E-state index contributed by atoms with van der Waals surface area (Å²) in [5.74, 6) is -0.145. The molecule has 0 aliphatic carbocycles. The fourth-order valence-corrected chi connectivity index (χ4v) is 2.42. The van der Waals surface area contributed by atoms with Crippen LogP contribution in [0.1, 0.15) is 25.5 Å². The lowest BCUT2D eigenvalue weighted by Gasteiger charge is -2.35. The Bertz CT molecular complexity index is 411. The summed E-state index contributed by atoms with van der Waals surface area (Å²) >= 11 is 0. The molecule has 0 spiro atoms. The van der Waals surface area contributed by atoms with Crippen LogP contribution in [0.15, 0.2) is 18.2 Å². The Balaban J connectivity index is 2.15. The lowest BCUT2D eigenvalue weighted by molar-refractivity contribution is -0.0323. The number of nitrogens with one attached hydrogen (secondary N) is 1. The molecule has 4 heteroatoms. The molecule has 1 aromatic rings. The van der Waals surface area contributed by atoms with Crippen LogP contribution < -0.4 is 5.32 Å². The second-order valence-electron chi connectivity index (χ2n) is 4.84. The predicted octanol–water partition coefficient (Wildman–Crippen LogP) is 2.65. The first-order valence-corrected chi connectivity index (χ1v) is 6.44. The number of benzene rings is 1. The summed E-state index contributed by atoms with van der Waals surface area (Å²) < 4.78 is 19.6. The van der Waals surface area contributed by atoms with Crippen molar-refractivity contribution in [3.8, 4) is 0 Å². The van der Waals surface area contributed by atoms with E-state index in [1.807, 2.05) is 12.1 Å². The van der Waals surface area contributed by atoms with Crippen molar-refractivity contribution in [2.24, 2.45) is 0 Å². The van der Waals surface area contributed by atoms with E-state index in [0.29, 0.717) is 0 Å². The van der Waals surface area contributed by atoms with Crippen LogP contribution in [0.2, 0.25) is 0 Å². The van der Waals surface area contributed by atoms with Crippen molar-refractivity contribution in [2.45, 2.75) is 26.0 Å². The monoisotopic (exact) mass is 252 g/mol. The van der Waals surface area contributed by atoms with Crippen molar-refractivity contribution >= 4 is 5.69 Å². The first-order chi connectivity index (χ1) is 8.61. The Hall–Kier alpha value is -1.13. The van der Waals surface area contributed by atoms with Gasteiger partial charge < -0.3 is 10.1 Å². The van der Waals surface area contributed by atoms with Gasteiger partial charge in [-0.1, -0.05) is 6.07 Å². The van der Waals surface area contributed by atoms with Crippen LogP contribution in [-0.2, 0) is 4.74 Å². The molecular formula is C14H21FN2O. The fraction of sp³-hybridized carbons (Fsp3) is 0.571. The molecule has 2 atom stereocenters. The molecule has 0 amide bonds. The summed E-state index contributed by atoms with van der Waals surface area (Å²) in [6, 6.07) is 5.42. The van der Waals surface area contributed by atoms with Gasteiger partial charge in [0.05, 0.1) is 12.7 Å². The van der Waals surface area contributed by atoms with Crippen LogP contribution >= 0.6 is 0 Å². The number of halogens is 1. The van der Waals surface area contributed by atoms with Crippen LogP contribution in [0.25, 0.3) is 0 Å². The van der Waals surface area contributed by atoms with Crippen LogP contribution in [0, 0.1) is 5.82 Å². The van der Waals surface area contributed by atoms with E-state index < -0.39 is 0 Å². The molecule has 0 bridgehead atoms. The zero-order valence-corrected chi connectivity index (χ0v) is 11.2. The van der Waals surface area contributed by atoms with E-state index in [1.165, 1.54) is 0 Å². The first kappa shape index (κ1) is 13.3. The summed E-state index contributed by atoms with van der Waals surface area (Å²) in [5.41, 5.74) is 1.56. The zero-order valence-electron chi connectivity index (χ0n) is 11.2. The van der Waals surface area contributed by atoms with Gasteiger partial charge in [0, 0.05) is 37.4 Å². The Morgan fingerprint density at radius 3 is 2.89 bits per heavy atom. The second-order valence-corrected chi connectivity index (χ2v) is 4.84. The average molecular weight is 252 g/mol. The lowest BCUT2D eigenvalue weighted by atomic mass is 10.0. The highest BCUT2D eigenvalue weighted by Gasteiger charge is 2.24. The van der Waals surface area contributed by atoms with Crippen molar-refractivity contribution < 1.29 is 9.13 Å². The van der Waals surface area contributed by atoms with Gasteiger partial charge >= 0.3 is 0 Å². The minimum absolute atomic E-state index is 0.0854. The summed E-state index contributed by atoms with van der Waals surface area (Å²) in [6.07, 6.45) is 0.223. The highest BCUT2D eigenvalue weighted by Crippen LogP contribution is 2.26. The summed E-state index contributed by atoms with van der Waals surface area (Å²) in [4.78, 5) is 2.27. The molecule has 0 radical (unpaired) electrons. The number of rotatable bonds is 3. The van der Waals surface area contributed by atoms with Crippen LogP contribution in [0.3, 0.4) is 0 Å². The van der Waals surface area contributed by atoms with Gasteiger partial charge in [-0.2, -0.15) is 0 Å². The molecule has 1 aromatic carbocycles. The number of hydrogen-bond acceptors (Lipinski definition) is 3. The molecular weight excluding hydrogens is 231 g/mol. The van der Waals surface area contributed by atoms with E-state index in [1.54, 1.807) is 13.1 Å². The average Bonchev–Trinajstić information content (AvgIpc) is 2.37. The molecule has 18 heavy (non-hydrogen) atoms. The Labute approximate surface area is 108 Å². The number of morpholine rings is 1. The molecule has 3 nitrogen and oxygen atoms in total. The number of ether oxygens (including phenoxy) is 1. The number of hydrogen-bond donors (Lipinski definition) is 1.